The summed E-state index contributed by atoms with van der Waals surface area (Å²) in [7, 11) is 0. The number of nitrogens with zero attached hydrogens (tertiary/aromatic N) is 1. The van der Waals surface area contributed by atoms with Gasteiger partial charge in [0.1, 0.15) is 0 Å². The van der Waals surface area contributed by atoms with Gasteiger partial charge in [0, 0.05) is 29.5 Å². The molecule has 0 aliphatic rings. The summed E-state index contributed by atoms with van der Waals surface area (Å²) >= 11 is 0. The van der Waals surface area contributed by atoms with Crippen molar-refractivity contribution in [2.45, 2.75) is 0 Å². The number of anilines is 3. The van der Waals surface area contributed by atoms with E-state index in [2.05, 4.69) is 15.6 Å². The number of hydrogen-bond donors (Lipinski definition) is 2. The lowest BCUT2D eigenvalue weighted by atomic mass is 10.2. The van der Waals surface area contributed by atoms with Gasteiger partial charge in [-0.05, 0) is 36.4 Å². The van der Waals surface area contributed by atoms with Crippen molar-refractivity contribution in [3.63, 3.8) is 0 Å². The fourth-order valence-electron chi connectivity index (χ4n) is 1.32. The maximum atomic E-state index is 10.2. The summed E-state index contributed by atoms with van der Waals surface area (Å²) in [6, 6.07) is 11.2. The van der Waals surface area contributed by atoms with E-state index < -0.39 is 0 Å². The first kappa shape index (κ1) is 10.2. The summed E-state index contributed by atoms with van der Waals surface area (Å²) in [4.78, 5) is 14.2. The van der Waals surface area contributed by atoms with Gasteiger partial charge in [0.2, 0.25) is 6.41 Å². The highest BCUT2D eigenvalue weighted by Crippen LogP contribution is 2.17. The monoisotopic (exact) mass is 213 g/mol. The lowest BCUT2D eigenvalue weighted by molar-refractivity contribution is -0.105. The van der Waals surface area contributed by atoms with Crippen molar-refractivity contribution in [2.75, 3.05) is 10.6 Å². The van der Waals surface area contributed by atoms with Crippen molar-refractivity contribution in [2.24, 2.45) is 0 Å². The minimum atomic E-state index is 0.658. The maximum absolute atomic E-state index is 10.2. The standard InChI is InChI=1S/C12H11N3O/c16-9-14-10-1-3-11(4-2-10)15-12-5-7-13-8-6-12/h1-9H,(H,13,15)(H,14,16). The maximum Gasteiger partial charge on any atom is 0.211 e. The third-order valence-electron chi connectivity index (χ3n) is 2.08. The van der Waals surface area contributed by atoms with Gasteiger partial charge in [-0.15, -0.1) is 0 Å². The lowest BCUT2D eigenvalue weighted by Gasteiger charge is -2.06. The summed E-state index contributed by atoms with van der Waals surface area (Å²) in [5.74, 6) is 0. The van der Waals surface area contributed by atoms with Crippen LogP contribution in [0.4, 0.5) is 17.1 Å². The highest BCUT2D eigenvalue weighted by molar-refractivity contribution is 5.72. The molecule has 2 N–H and O–H groups in total. The van der Waals surface area contributed by atoms with Gasteiger partial charge in [-0.3, -0.25) is 9.78 Å². The molecule has 1 heterocycles. The Hall–Kier alpha value is -2.36. The molecule has 0 bridgehead atoms. The number of pyridine rings is 1. The zero-order valence-corrected chi connectivity index (χ0v) is 8.55. The van der Waals surface area contributed by atoms with E-state index in [1.807, 2.05) is 36.4 Å². The average Bonchev–Trinajstić information content (AvgIpc) is 2.33. The van der Waals surface area contributed by atoms with Gasteiger partial charge < -0.3 is 10.6 Å². The molecule has 1 amide bonds. The normalized spacial score (nSPS) is 9.50. The summed E-state index contributed by atoms with van der Waals surface area (Å²) in [5.41, 5.74) is 2.71. The lowest BCUT2D eigenvalue weighted by Crippen LogP contribution is -1.94. The van der Waals surface area contributed by atoms with Crippen LogP contribution in [-0.4, -0.2) is 11.4 Å². The summed E-state index contributed by atoms with van der Waals surface area (Å²) < 4.78 is 0. The SMILES string of the molecule is O=CNc1ccc(Nc2ccncc2)cc1. The van der Waals surface area contributed by atoms with Crippen molar-refractivity contribution in [3.8, 4) is 0 Å². The van der Waals surface area contributed by atoms with Gasteiger partial charge >= 0.3 is 0 Å². The Balaban J connectivity index is 2.08. The molecule has 2 aromatic rings. The molecule has 0 saturated heterocycles. The zero-order valence-electron chi connectivity index (χ0n) is 8.55. The fraction of sp³-hybridized carbons (Fsp3) is 0. The first-order valence-corrected chi connectivity index (χ1v) is 4.86. The molecule has 1 aromatic heterocycles. The van der Waals surface area contributed by atoms with E-state index in [0.29, 0.717) is 6.41 Å². The number of amides is 1. The van der Waals surface area contributed by atoms with Crippen molar-refractivity contribution < 1.29 is 4.79 Å². The van der Waals surface area contributed by atoms with Crippen LogP contribution in [-0.2, 0) is 4.79 Å². The summed E-state index contributed by atoms with van der Waals surface area (Å²) in [6.45, 7) is 0. The Kier molecular flexibility index (Phi) is 3.13. The molecule has 16 heavy (non-hydrogen) atoms. The number of carbonyl (C=O) groups is 1. The van der Waals surface area contributed by atoms with Crippen molar-refractivity contribution in [1.82, 2.24) is 4.98 Å². The molecule has 80 valence electrons. The number of hydrogen-bond acceptors (Lipinski definition) is 3. The zero-order chi connectivity index (χ0) is 11.2. The van der Waals surface area contributed by atoms with Crippen LogP contribution in [0.5, 0.6) is 0 Å². The minimum Gasteiger partial charge on any atom is -0.355 e. The number of rotatable bonds is 4. The molecule has 2 rings (SSSR count). The smallest absolute Gasteiger partial charge is 0.211 e. The molecular formula is C12H11N3O. The van der Waals surface area contributed by atoms with Crippen LogP contribution in [0.2, 0.25) is 0 Å². The van der Waals surface area contributed by atoms with Gasteiger partial charge in [-0.2, -0.15) is 0 Å². The second-order valence-electron chi connectivity index (χ2n) is 3.20. The van der Waals surface area contributed by atoms with Gasteiger partial charge in [0.15, 0.2) is 0 Å². The molecule has 0 radical (unpaired) electrons. The molecule has 0 atom stereocenters. The van der Waals surface area contributed by atoms with E-state index >= 15 is 0 Å². The van der Waals surface area contributed by atoms with Crippen LogP contribution in [0.3, 0.4) is 0 Å². The molecule has 4 nitrogen and oxygen atoms in total. The Morgan fingerprint density at radius 1 is 0.875 bits per heavy atom. The van der Waals surface area contributed by atoms with Crippen LogP contribution in [0.1, 0.15) is 0 Å². The van der Waals surface area contributed by atoms with Crippen LogP contribution in [0.25, 0.3) is 0 Å². The predicted octanol–water partition coefficient (Wildman–Crippen LogP) is 2.39. The third kappa shape index (κ3) is 2.57. The molecule has 1 aromatic carbocycles. The van der Waals surface area contributed by atoms with E-state index in [9.17, 15) is 4.79 Å². The van der Waals surface area contributed by atoms with Crippen molar-refractivity contribution >= 4 is 23.5 Å². The quantitative estimate of drug-likeness (QED) is 0.767. The van der Waals surface area contributed by atoms with Gasteiger partial charge in [0.05, 0.1) is 0 Å². The molecule has 0 fully saturated rings. The summed E-state index contributed by atoms with van der Waals surface area (Å²) in [5, 5.41) is 5.80. The van der Waals surface area contributed by atoms with E-state index in [4.69, 9.17) is 0 Å². The highest BCUT2D eigenvalue weighted by atomic mass is 16.1. The molecule has 4 heteroatoms. The van der Waals surface area contributed by atoms with Gasteiger partial charge in [0.25, 0.3) is 0 Å². The number of nitrogens with one attached hydrogen (secondary N) is 2. The van der Waals surface area contributed by atoms with Crippen LogP contribution < -0.4 is 10.6 Å². The Bertz CT molecular complexity index is 453. The van der Waals surface area contributed by atoms with Crippen molar-refractivity contribution in [3.05, 3.63) is 48.8 Å². The highest BCUT2D eigenvalue weighted by Gasteiger charge is 1.94. The van der Waals surface area contributed by atoms with E-state index in [1.54, 1.807) is 12.4 Å². The van der Waals surface area contributed by atoms with Crippen molar-refractivity contribution in [1.29, 1.82) is 0 Å². The second kappa shape index (κ2) is 4.93. The van der Waals surface area contributed by atoms with E-state index in [-0.39, 0.29) is 0 Å². The first-order chi connectivity index (χ1) is 7.88. The largest absolute Gasteiger partial charge is 0.355 e. The van der Waals surface area contributed by atoms with Gasteiger partial charge in [-0.25, -0.2) is 0 Å². The number of benzene rings is 1. The molecular weight excluding hydrogens is 202 g/mol. The first-order valence-electron chi connectivity index (χ1n) is 4.86. The molecule has 0 aliphatic heterocycles. The minimum absolute atomic E-state index is 0.658. The number of aromatic nitrogens is 1. The summed E-state index contributed by atoms with van der Waals surface area (Å²) in [6.07, 6.45) is 4.11. The topological polar surface area (TPSA) is 54.0 Å². The Morgan fingerprint density at radius 2 is 1.44 bits per heavy atom. The van der Waals surface area contributed by atoms with Crippen LogP contribution in [0.15, 0.2) is 48.8 Å². The predicted molar refractivity (Wildman–Crippen MR) is 63.6 cm³/mol. The fourth-order valence-corrected chi connectivity index (χ4v) is 1.32. The van der Waals surface area contributed by atoms with Crippen LogP contribution in [0, 0.1) is 0 Å². The Morgan fingerprint density at radius 3 is 2.06 bits per heavy atom. The molecule has 0 spiro atoms. The average molecular weight is 213 g/mol. The molecule has 0 aliphatic carbocycles. The molecule has 0 unspecified atom stereocenters. The third-order valence-corrected chi connectivity index (χ3v) is 2.08. The van der Waals surface area contributed by atoms with E-state index in [0.717, 1.165) is 17.1 Å². The van der Waals surface area contributed by atoms with Crippen LogP contribution >= 0.6 is 0 Å². The number of carbonyl (C=O) groups excluding carboxylic acids is 1. The second-order valence-corrected chi connectivity index (χ2v) is 3.20. The Labute approximate surface area is 93.3 Å². The van der Waals surface area contributed by atoms with Gasteiger partial charge in [-0.1, -0.05) is 0 Å². The molecule has 0 saturated carbocycles. The van der Waals surface area contributed by atoms with E-state index in [1.165, 1.54) is 0 Å².